The molecule has 1 amide bonds. The Balaban J connectivity index is 2.58. The molecule has 0 fully saturated rings. The van der Waals surface area contributed by atoms with Crippen LogP contribution in [-0.2, 0) is 9.53 Å². The maximum atomic E-state index is 11.8. The van der Waals surface area contributed by atoms with Gasteiger partial charge < -0.3 is 15.2 Å². The van der Waals surface area contributed by atoms with Crippen molar-refractivity contribution in [3.8, 4) is 0 Å². The maximum absolute atomic E-state index is 11.8. The van der Waals surface area contributed by atoms with Crippen molar-refractivity contribution in [1.29, 1.82) is 0 Å². The monoisotopic (exact) mass is 297 g/mol. The Bertz CT molecular complexity index is 484. The quantitative estimate of drug-likeness (QED) is 0.874. The largest absolute Gasteiger partial charge is 0.477 e. The minimum Gasteiger partial charge on any atom is -0.477 e. The average molecular weight is 297 g/mol. The maximum Gasteiger partial charge on any atom is 0.411 e. The highest BCUT2D eigenvalue weighted by Crippen LogP contribution is 2.27. The number of rotatable bonds is 5. The number of thiophene rings is 1. The average Bonchev–Trinajstić information content (AvgIpc) is 2.58. The first-order valence-electron chi connectivity index (χ1n) is 4.96. The van der Waals surface area contributed by atoms with E-state index in [0.29, 0.717) is 5.56 Å². The van der Waals surface area contributed by atoms with Crippen LogP contribution in [0.4, 0.5) is 18.9 Å². The zero-order valence-electron chi connectivity index (χ0n) is 9.71. The molecule has 19 heavy (non-hydrogen) atoms. The molecule has 0 unspecified atom stereocenters. The highest BCUT2D eigenvalue weighted by atomic mass is 32.1. The standard InChI is InChI=1S/C10H10F3NO4S/c1-5-3-19-8(9(16)17)7(5)14-6(15)2-18-4-10(11,12)13/h3H,2,4H2,1H3,(H,14,15)(H,16,17). The fourth-order valence-corrected chi connectivity index (χ4v) is 2.04. The van der Waals surface area contributed by atoms with Crippen molar-refractivity contribution in [1.82, 2.24) is 0 Å². The van der Waals surface area contributed by atoms with Gasteiger partial charge in [0.15, 0.2) is 0 Å². The van der Waals surface area contributed by atoms with Gasteiger partial charge in [-0.3, -0.25) is 4.79 Å². The molecule has 106 valence electrons. The molecular formula is C10H10F3NO4S. The molecule has 0 aliphatic rings. The minimum atomic E-state index is -4.51. The molecule has 0 aromatic carbocycles. The summed E-state index contributed by atoms with van der Waals surface area (Å²) >= 11 is 0.919. The summed E-state index contributed by atoms with van der Waals surface area (Å²) in [6, 6.07) is 0. The number of amides is 1. The number of ether oxygens (including phenoxy) is 1. The summed E-state index contributed by atoms with van der Waals surface area (Å²) < 4.78 is 39.5. The van der Waals surface area contributed by atoms with Gasteiger partial charge in [0.05, 0.1) is 5.69 Å². The Morgan fingerprint density at radius 2 is 2.11 bits per heavy atom. The van der Waals surface area contributed by atoms with Crippen LogP contribution in [0.3, 0.4) is 0 Å². The number of anilines is 1. The third-order valence-corrected chi connectivity index (χ3v) is 3.02. The van der Waals surface area contributed by atoms with Gasteiger partial charge in [-0.15, -0.1) is 11.3 Å². The van der Waals surface area contributed by atoms with Gasteiger partial charge in [-0.2, -0.15) is 13.2 Å². The molecule has 9 heteroatoms. The van der Waals surface area contributed by atoms with Gasteiger partial charge in [-0.05, 0) is 17.9 Å². The number of nitrogens with one attached hydrogen (secondary N) is 1. The van der Waals surface area contributed by atoms with Crippen molar-refractivity contribution in [3.63, 3.8) is 0 Å². The van der Waals surface area contributed by atoms with Crippen LogP contribution in [0.5, 0.6) is 0 Å². The number of alkyl halides is 3. The van der Waals surface area contributed by atoms with Crippen LogP contribution in [0.2, 0.25) is 0 Å². The molecule has 0 atom stereocenters. The lowest BCUT2D eigenvalue weighted by Gasteiger charge is -2.08. The first kappa shape index (κ1) is 15.4. The summed E-state index contributed by atoms with van der Waals surface area (Å²) in [6.45, 7) is -0.752. The second-order valence-corrected chi connectivity index (χ2v) is 4.46. The third kappa shape index (κ3) is 4.87. The molecular weight excluding hydrogens is 287 g/mol. The SMILES string of the molecule is Cc1csc(C(=O)O)c1NC(=O)COCC(F)(F)F. The number of carboxylic acid groups (broad SMARTS) is 1. The lowest BCUT2D eigenvalue weighted by atomic mass is 10.2. The van der Waals surface area contributed by atoms with Gasteiger partial charge in [0, 0.05) is 0 Å². The van der Waals surface area contributed by atoms with Crippen molar-refractivity contribution >= 4 is 28.9 Å². The van der Waals surface area contributed by atoms with Gasteiger partial charge in [0.2, 0.25) is 5.91 Å². The molecule has 1 heterocycles. The van der Waals surface area contributed by atoms with Gasteiger partial charge >= 0.3 is 12.1 Å². The molecule has 0 spiro atoms. The second kappa shape index (κ2) is 6.02. The zero-order chi connectivity index (χ0) is 14.6. The Morgan fingerprint density at radius 1 is 1.47 bits per heavy atom. The number of halogens is 3. The van der Waals surface area contributed by atoms with Crippen LogP contribution in [0.1, 0.15) is 15.2 Å². The van der Waals surface area contributed by atoms with E-state index in [0.717, 1.165) is 11.3 Å². The van der Waals surface area contributed by atoms with E-state index in [2.05, 4.69) is 10.1 Å². The van der Waals surface area contributed by atoms with E-state index in [1.165, 1.54) is 5.38 Å². The van der Waals surface area contributed by atoms with Crippen LogP contribution in [0.15, 0.2) is 5.38 Å². The highest BCUT2D eigenvalue weighted by molar-refractivity contribution is 7.12. The van der Waals surface area contributed by atoms with E-state index in [1.54, 1.807) is 6.92 Å². The van der Waals surface area contributed by atoms with Crippen LogP contribution >= 0.6 is 11.3 Å². The summed E-state index contributed by atoms with van der Waals surface area (Å²) in [5.41, 5.74) is 0.602. The summed E-state index contributed by atoms with van der Waals surface area (Å²) in [5, 5.41) is 12.6. The Hall–Kier alpha value is -1.61. The first-order valence-corrected chi connectivity index (χ1v) is 5.84. The molecule has 0 aliphatic heterocycles. The smallest absolute Gasteiger partial charge is 0.411 e. The summed E-state index contributed by atoms with van der Waals surface area (Å²) in [5.74, 6) is -2.06. The molecule has 1 aromatic heterocycles. The van der Waals surface area contributed by atoms with E-state index in [1.807, 2.05) is 0 Å². The van der Waals surface area contributed by atoms with Crippen molar-refractivity contribution < 1.29 is 32.6 Å². The van der Waals surface area contributed by atoms with E-state index in [4.69, 9.17) is 5.11 Å². The highest BCUT2D eigenvalue weighted by Gasteiger charge is 2.28. The fraction of sp³-hybridized carbons (Fsp3) is 0.400. The van der Waals surface area contributed by atoms with Crippen LogP contribution in [0, 0.1) is 6.92 Å². The van der Waals surface area contributed by atoms with E-state index in [-0.39, 0.29) is 10.6 Å². The molecule has 0 radical (unpaired) electrons. The Kier molecular flexibility index (Phi) is 4.90. The molecule has 1 aromatic rings. The van der Waals surface area contributed by atoms with Crippen molar-refractivity contribution in [2.24, 2.45) is 0 Å². The molecule has 5 nitrogen and oxygen atoms in total. The normalized spacial score (nSPS) is 11.4. The Labute approximate surface area is 110 Å². The van der Waals surface area contributed by atoms with E-state index in [9.17, 15) is 22.8 Å². The van der Waals surface area contributed by atoms with Crippen molar-refractivity contribution in [2.45, 2.75) is 13.1 Å². The van der Waals surface area contributed by atoms with Crippen LogP contribution < -0.4 is 5.32 Å². The van der Waals surface area contributed by atoms with E-state index < -0.39 is 31.3 Å². The Morgan fingerprint density at radius 3 is 2.63 bits per heavy atom. The summed E-state index contributed by atoms with van der Waals surface area (Å²) in [6.07, 6.45) is -4.51. The number of hydrogen-bond acceptors (Lipinski definition) is 4. The van der Waals surface area contributed by atoms with Gasteiger partial charge in [0.25, 0.3) is 0 Å². The predicted molar refractivity (Wildman–Crippen MR) is 61.5 cm³/mol. The lowest BCUT2D eigenvalue weighted by Crippen LogP contribution is -2.24. The third-order valence-electron chi connectivity index (χ3n) is 1.93. The first-order chi connectivity index (χ1) is 8.70. The molecule has 2 N–H and O–H groups in total. The minimum absolute atomic E-state index is 0.0816. The molecule has 0 saturated carbocycles. The number of carbonyl (C=O) groups excluding carboxylic acids is 1. The molecule has 0 bridgehead atoms. The lowest BCUT2D eigenvalue weighted by molar-refractivity contribution is -0.174. The van der Waals surface area contributed by atoms with Gasteiger partial charge in [-0.25, -0.2) is 4.79 Å². The molecule has 0 saturated heterocycles. The van der Waals surface area contributed by atoms with Crippen molar-refractivity contribution in [3.05, 3.63) is 15.8 Å². The topological polar surface area (TPSA) is 75.6 Å². The van der Waals surface area contributed by atoms with Crippen LogP contribution in [-0.4, -0.2) is 36.4 Å². The zero-order valence-corrected chi connectivity index (χ0v) is 10.5. The summed E-state index contributed by atoms with van der Waals surface area (Å²) in [4.78, 5) is 22.1. The second-order valence-electron chi connectivity index (χ2n) is 3.58. The molecule has 0 aliphatic carbocycles. The van der Waals surface area contributed by atoms with E-state index >= 15 is 0 Å². The van der Waals surface area contributed by atoms with Gasteiger partial charge in [-0.1, -0.05) is 0 Å². The number of hydrogen-bond donors (Lipinski definition) is 2. The number of aromatic carboxylic acids is 1. The number of carboxylic acids is 1. The predicted octanol–water partition coefficient (Wildman–Crippen LogP) is 2.27. The fourth-order valence-electron chi connectivity index (χ4n) is 1.19. The summed E-state index contributed by atoms with van der Waals surface area (Å²) in [7, 11) is 0. The number of aryl methyl sites for hydroxylation is 1. The van der Waals surface area contributed by atoms with Crippen molar-refractivity contribution in [2.75, 3.05) is 18.5 Å². The molecule has 1 rings (SSSR count). The number of carbonyl (C=O) groups is 2. The van der Waals surface area contributed by atoms with Crippen LogP contribution in [0.25, 0.3) is 0 Å². The van der Waals surface area contributed by atoms with Gasteiger partial charge in [0.1, 0.15) is 18.1 Å².